The fraction of sp³-hybridized carbons (Fsp3) is 0.778. The normalized spacial score (nSPS) is 25.4. The van der Waals surface area contributed by atoms with Crippen LogP contribution in [0.15, 0.2) is 0 Å². The Morgan fingerprint density at radius 3 is 2.62 bits per heavy atom. The highest BCUT2D eigenvalue weighted by molar-refractivity contribution is 5.83. The standard InChI is InChI=1S/C9H14O4/c1-3-12-8(11)5-4-7-9(13-7)6(2)10/h7,9H,3-5H2,1-2H3/t7-,9+/m1/s1. The van der Waals surface area contributed by atoms with E-state index in [1.165, 1.54) is 6.92 Å². The molecule has 13 heavy (non-hydrogen) atoms. The first-order valence-corrected chi connectivity index (χ1v) is 4.46. The summed E-state index contributed by atoms with van der Waals surface area (Å²) in [6, 6.07) is 0. The van der Waals surface area contributed by atoms with E-state index < -0.39 is 0 Å². The van der Waals surface area contributed by atoms with Gasteiger partial charge in [0.15, 0.2) is 5.78 Å². The second-order valence-electron chi connectivity index (χ2n) is 3.05. The zero-order valence-electron chi connectivity index (χ0n) is 7.91. The molecule has 0 N–H and O–H groups in total. The predicted octanol–water partition coefficient (Wildman–Crippen LogP) is 0.686. The maximum absolute atomic E-state index is 10.9. The van der Waals surface area contributed by atoms with Crippen molar-refractivity contribution in [3.8, 4) is 0 Å². The van der Waals surface area contributed by atoms with E-state index in [9.17, 15) is 9.59 Å². The van der Waals surface area contributed by atoms with Gasteiger partial charge in [0, 0.05) is 6.42 Å². The summed E-state index contributed by atoms with van der Waals surface area (Å²) in [4.78, 5) is 21.6. The summed E-state index contributed by atoms with van der Waals surface area (Å²) in [5.74, 6) is -0.186. The molecule has 0 amide bonds. The number of ether oxygens (including phenoxy) is 2. The molecule has 0 aromatic carbocycles. The van der Waals surface area contributed by atoms with Crippen molar-refractivity contribution in [2.75, 3.05) is 6.61 Å². The van der Waals surface area contributed by atoms with Gasteiger partial charge in [0.05, 0.1) is 12.7 Å². The number of carbonyl (C=O) groups excluding carboxylic acids is 2. The molecule has 0 radical (unpaired) electrons. The summed E-state index contributed by atoms with van der Waals surface area (Å²) < 4.78 is 9.79. The van der Waals surface area contributed by atoms with Gasteiger partial charge in [0.25, 0.3) is 0 Å². The van der Waals surface area contributed by atoms with Crippen molar-refractivity contribution in [1.82, 2.24) is 0 Å². The van der Waals surface area contributed by atoms with Crippen molar-refractivity contribution < 1.29 is 19.1 Å². The number of rotatable bonds is 5. The van der Waals surface area contributed by atoms with E-state index >= 15 is 0 Å². The molecule has 0 spiro atoms. The highest BCUT2D eigenvalue weighted by Gasteiger charge is 2.42. The number of ketones is 1. The Morgan fingerprint density at radius 1 is 1.46 bits per heavy atom. The second kappa shape index (κ2) is 4.37. The van der Waals surface area contributed by atoms with Crippen molar-refractivity contribution in [2.45, 2.75) is 38.9 Å². The van der Waals surface area contributed by atoms with Gasteiger partial charge in [0.2, 0.25) is 0 Å². The van der Waals surface area contributed by atoms with Crippen LogP contribution in [0.5, 0.6) is 0 Å². The Hall–Kier alpha value is -0.900. The summed E-state index contributed by atoms with van der Waals surface area (Å²) in [6.07, 6.45) is 0.599. The predicted molar refractivity (Wildman–Crippen MR) is 45.2 cm³/mol. The quantitative estimate of drug-likeness (QED) is 0.468. The maximum Gasteiger partial charge on any atom is 0.305 e. The van der Waals surface area contributed by atoms with Gasteiger partial charge >= 0.3 is 5.97 Å². The SMILES string of the molecule is CCOC(=O)CC[C@H]1O[C@H]1C(C)=O. The van der Waals surface area contributed by atoms with Crippen LogP contribution in [-0.2, 0) is 19.1 Å². The zero-order valence-corrected chi connectivity index (χ0v) is 7.91. The average Bonchev–Trinajstić information content (AvgIpc) is 2.80. The van der Waals surface area contributed by atoms with Crippen LogP contribution in [0.4, 0.5) is 0 Å². The topological polar surface area (TPSA) is 55.9 Å². The van der Waals surface area contributed by atoms with Crippen LogP contribution in [0.3, 0.4) is 0 Å². The summed E-state index contributed by atoms with van der Waals surface area (Å²) in [5.41, 5.74) is 0. The molecule has 1 aliphatic rings. The number of hydrogen-bond donors (Lipinski definition) is 0. The fourth-order valence-corrected chi connectivity index (χ4v) is 1.21. The van der Waals surface area contributed by atoms with E-state index in [0.717, 1.165) is 0 Å². The zero-order chi connectivity index (χ0) is 9.84. The van der Waals surface area contributed by atoms with Gasteiger partial charge in [-0.2, -0.15) is 0 Å². The minimum absolute atomic E-state index is 0.0360. The lowest BCUT2D eigenvalue weighted by Crippen LogP contribution is -2.08. The molecular weight excluding hydrogens is 172 g/mol. The molecule has 1 saturated heterocycles. The lowest BCUT2D eigenvalue weighted by molar-refractivity contribution is -0.143. The highest BCUT2D eigenvalue weighted by atomic mass is 16.6. The average molecular weight is 186 g/mol. The third-order valence-electron chi connectivity index (χ3n) is 1.92. The Labute approximate surface area is 77.2 Å². The first-order chi connectivity index (χ1) is 6.15. The third kappa shape index (κ3) is 3.14. The molecular formula is C9H14O4. The third-order valence-corrected chi connectivity index (χ3v) is 1.92. The van der Waals surface area contributed by atoms with E-state index in [1.807, 2.05) is 0 Å². The van der Waals surface area contributed by atoms with Gasteiger partial charge in [-0.05, 0) is 20.3 Å². The van der Waals surface area contributed by atoms with Crippen molar-refractivity contribution >= 4 is 11.8 Å². The second-order valence-corrected chi connectivity index (χ2v) is 3.05. The van der Waals surface area contributed by atoms with Gasteiger partial charge in [-0.15, -0.1) is 0 Å². The van der Waals surface area contributed by atoms with Crippen LogP contribution in [0.1, 0.15) is 26.7 Å². The van der Waals surface area contributed by atoms with Crippen LogP contribution in [-0.4, -0.2) is 30.6 Å². The maximum atomic E-state index is 10.9. The Kier molecular flexibility index (Phi) is 3.42. The minimum Gasteiger partial charge on any atom is -0.466 e. The lowest BCUT2D eigenvalue weighted by atomic mass is 10.1. The largest absolute Gasteiger partial charge is 0.466 e. The molecule has 0 bridgehead atoms. The van der Waals surface area contributed by atoms with Gasteiger partial charge in [-0.1, -0.05) is 0 Å². The molecule has 0 unspecified atom stereocenters. The van der Waals surface area contributed by atoms with E-state index in [2.05, 4.69) is 0 Å². The van der Waals surface area contributed by atoms with Crippen molar-refractivity contribution in [1.29, 1.82) is 0 Å². The molecule has 0 aliphatic carbocycles. The van der Waals surface area contributed by atoms with E-state index in [1.54, 1.807) is 6.92 Å². The molecule has 0 aromatic heterocycles. The highest BCUT2D eigenvalue weighted by Crippen LogP contribution is 2.27. The number of carbonyl (C=O) groups is 2. The number of epoxide rings is 1. The lowest BCUT2D eigenvalue weighted by Gasteiger charge is -1.98. The fourth-order valence-electron chi connectivity index (χ4n) is 1.21. The number of esters is 1. The first kappa shape index (κ1) is 10.2. The van der Waals surface area contributed by atoms with Crippen molar-refractivity contribution in [2.24, 2.45) is 0 Å². The molecule has 2 atom stereocenters. The van der Waals surface area contributed by atoms with Gasteiger partial charge in [-0.3, -0.25) is 9.59 Å². The Morgan fingerprint density at radius 2 is 2.15 bits per heavy atom. The molecule has 1 rings (SSSR count). The molecule has 4 nitrogen and oxygen atoms in total. The van der Waals surface area contributed by atoms with Crippen LogP contribution < -0.4 is 0 Å². The minimum atomic E-state index is -0.269. The van der Waals surface area contributed by atoms with Crippen LogP contribution >= 0.6 is 0 Å². The number of Topliss-reactive ketones (excluding diaryl/α,β-unsaturated/α-hetero) is 1. The molecule has 74 valence electrons. The van der Waals surface area contributed by atoms with E-state index in [0.29, 0.717) is 19.4 Å². The van der Waals surface area contributed by atoms with Gasteiger partial charge < -0.3 is 9.47 Å². The van der Waals surface area contributed by atoms with Crippen molar-refractivity contribution in [3.63, 3.8) is 0 Å². The summed E-state index contributed by atoms with van der Waals surface area (Å²) in [5, 5.41) is 0. The van der Waals surface area contributed by atoms with Gasteiger partial charge in [0.1, 0.15) is 6.10 Å². The van der Waals surface area contributed by atoms with Crippen LogP contribution in [0.2, 0.25) is 0 Å². The molecule has 4 heteroatoms. The number of hydrogen-bond acceptors (Lipinski definition) is 4. The molecule has 0 aromatic rings. The van der Waals surface area contributed by atoms with Crippen LogP contribution in [0, 0.1) is 0 Å². The summed E-state index contributed by atoms with van der Waals surface area (Å²) >= 11 is 0. The smallest absolute Gasteiger partial charge is 0.305 e. The summed E-state index contributed by atoms with van der Waals surface area (Å²) in [6.45, 7) is 3.67. The summed E-state index contributed by atoms with van der Waals surface area (Å²) in [7, 11) is 0. The molecule has 1 aliphatic heterocycles. The Bertz CT molecular complexity index is 212. The monoisotopic (exact) mass is 186 g/mol. The van der Waals surface area contributed by atoms with Gasteiger partial charge in [-0.25, -0.2) is 0 Å². The Balaban J connectivity index is 2.09. The van der Waals surface area contributed by atoms with E-state index in [-0.39, 0.29) is 24.0 Å². The van der Waals surface area contributed by atoms with Crippen LogP contribution in [0.25, 0.3) is 0 Å². The van der Waals surface area contributed by atoms with Crippen molar-refractivity contribution in [3.05, 3.63) is 0 Å². The first-order valence-electron chi connectivity index (χ1n) is 4.46. The molecule has 1 heterocycles. The van der Waals surface area contributed by atoms with E-state index in [4.69, 9.17) is 9.47 Å². The molecule has 1 fully saturated rings. The molecule has 0 saturated carbocycles.